The number of hydrogen-bond donors (Lipinski definition) is 1. The van der Waals surface area contributed by atoms with Gasteiger partial charge in [-0.2, -0.15) is 0 Å². The maximum atomic E-state index is 10.2. The number of hydrogen-bond acceptors (Lipinski definition) is 3. The molecule has 1 N–H and O–H groups in total. The van der Waals surface area contributed by atoms with E-state index in [1.165, 1.54) is 0 Å². The maximum Gasteiger partial charge on any atom is 0.0721 e. The third-order valence-electron chi connectivity index (χ3n) is 3.28. The fraction of sp³-hybridized carbons (Fsp3) is 0.550. The van der Waals surface area contributed by atoms with Gasteiger partial charge in [0, 0.05) is 5.97 Å². The molecule has 23 heavy (non-hydrogen) atoms. The molecule has 0 aromatic rings. The summed E-state index contributed by atoms with van der Waals surface area (Å²) in [7, 11) is 0. The zero-order valence-corrected chi connectivity index (χ0v) is 14.3. The Kier molecular flexibility index (Phi) is 15.6. The molecule has 0 aliphatic carbocycles. The van der Waals surface area contributed by atoms with Crippen LogP contribution in [0.3, 0.4) is 0 Å². The van der Waals surface area contributed by atoms with E-state index in [9.17, 15) is 15.0 Å². The smallest absolute Gasteiger partial charge is 0.0721 e. The van der Waals surface area contributed by atoms with Gasteiger partial charge in [-0.05, 0) is 44.9 Å². The van der Waals surface area contributed by atoms with E-state index < -0.39 is 5.97 Å². The van der Waals surface area contributed by atoms with Crippen LogP contribution in [0.2, 0.25) is 0 Å². The van der Waals surface area contributed by atoms with Crippen LogP contribution in [0, 0.1) is 0 Å². The number of unbranched alkanes of at least 4 members (excludes halogenated alkanes) is 2. The molecule has 0 aromatic heterocycles. The van der Waals surface area contributed by atoms with Crippen molar-refractivity contribution in [1.82, 2.24) is 0 Å². The van der Waals surface area contributed by atoms with E-state index in [1.54, 1.807) is 0 Å². The molecule has 0 aliphatic heterocycles. The monoisotopic (exact) mass is 319 g/mol. The summed E-state index contributed by atoms with van der Waals surface area (Å²) in [5, 5.41) is 19.8. The number of aliphatic hydroxyl groups is 1. The summed E-state index contributed by atoms with van der Waals surface area (Å²) < 4.78 is 0. The molecule has 0 heterocycles. The van der Waals surface area contributed by atoms with Gasteiger partial charge < -0.3 is 15.0 Å². The Morgan fingerprint density at radius 1 is 0.957 bits per heavy atom. The lowest BCUT2D eigenvalue weighted by Crippen LogP contribution is -2.21. The van der Waals surface area contributed by atoms with Gasteiger partial charge in [0.05, 0.1) is 6.10 Å². The maximum absolute atomic E-state index is 10.2. The van der Waals surface area contributed by atoms with Gasteiger partial charge >= 0.3 is 0 Å². The van der Waals surface area contributed by atoms with Crippen molar-refractivity contribution in [1.29, 1.82) is 0 Å². The average molecular weight is 319 g/mol. The zero-order valence-electron chi connectivity index (χ0n) is 14.3. The van der Waals surface area contributed by atoms with Crippen molar-refractivity contribution in [3.63, 3.8) is 0 Å². The standard InChI is InChI=1S/C20H32O3/c1-2-3-16-19(21)17-14-12-10-8-6-4-5-7-9-11-13-15-18-20(22)23/h4-5,8-11,14,17,19,21H,2-3,6-7,12-13,15-16,18H2,1H3,(H,22,23)/p-1/b5-4-,10-8-,11-9-,17-14-/t19-/m0/s1. The van der Waals surface area contributed by atoms with Crippen molar-refractivity contribution in [3.8, 4) is 0 Å². The van der Waals surface area contributed by atoms with Crippen LogP contribution in [-0.2, 0) is 4.79 Å². The first-order chi connectivity index (χ1) is 11.2. The number of carbonyl (C=O) groups is 1. The van der Waals surface area contributed by atoms with Crippen molar-refractivity contribution in [2.75, 3.05) is 0 Å². The van der Waals surface area contributed by atoms with Gasteiger partial charge in [0.15, 0.2) is 0 Å². The highest BCUT2D eigenvalue weighted by atomic mass is 16.4. The average Bonchev–Trinajstić information content (AvgIpc) is 2.52. The Morgan fingerprint density at radius 3 is 2.09 bits per heavy atom. The Balaban J connectivity index is 3.53. The Hall–Kier alpha value is -1.61. The lowest BCUT2D eigenvalue weighted by atomic mass is 10.1. The topological polar surface area (TPSA) is 60.4 Å². The molecule has 0 spiro atoms. The van der Waals surface area contributed by atoms with Crippen molar-refractivity contribution in [2.24, 2.45) is 0 Å². The molecule has 3 nitrogen and oxygen atoms in total. The minimum absolute atomic E-state index is 0.134. The molecule has 0 rings (SSSR count). The highest BCUT2D eigenvalue weighted by molar-refractivity contribution is 5.64. The van der Waals surface area contributed by atoms with Crippen molar-refractivity contribution in [2.45, 2.75) is 70.8 Å². The summed E-state index contributed by atoms with van der Waals surface area (Å²) in [4.78, 5) is 10.2. The van der Waals surface area contributed by atoms with E-state index in [0.29, 0.717) is 6.42 Å². The molecule has 130 valence electrons. The van der Waals surface area contributed by atoms with Gasteiger partial charge in [0.25, 0.3) is 0 Å². The summed E-state index contributed by atoms with van der Waals surface area (Å²) in [5.41, 5.74) is 0. The van der Waals surface area contributed by atoms with Crippen LogP contribution in [0.15, 0.2) is 48.6 Å². The number of carboxylic acid groups (broad SMARTS) is 1. The van der Waals surface area contributed by atoms with E-state index in [-0.39, 0.29) is 12.5 Å². The molecule has 0 aromatic carbocycles. The van der Waals surface area contributed by atoms with Gasteiger partial charge in [-0.1, -0.05) is 68.4 Å². The van der Waals surface area contributed by atoms with Crippen molar-refractivity contribution >= 4 is 5.97 Å². The third-order valence-corrected chi connectivity index (χ3v) is 3.28. The predicted octanol–water partition coefficient (Wildman–Crippen LogP) is 3.85. The van der Waals surface area contributed by atoms with Crippen LogP contribution in [0.1, 0.15) is 64.7 Å². The van der Waals surface area contributed by atoms with Gasteiger partial charge in [0.2, 0.25) is 0 Å². The highest BCUT2D eigenvalue weighted by Gasteiger charge is 1.95. The molecule has 0 fully saturated rings. The van der Waals surface area contributed by atoms with Crippen LogP contribution < -0.4 is 5.11 Å². The molecule has 0 unspecified atom stereocenters. The minimum Gasteiger partial charge on any atom is -0.550 e. The van der Waals surface area contributed by atoms with E-state index in [4.69, 9.17) is 0 Å². The predicted molar refractivity (Wildman–Crippen MR) is 94.8 cm³/mol. The molecule has 0 radical (unpaired) electrons. The second-order valence-corrected chi connectivity index (χ2v) is 5.52. The fourth-order valence-electron chi connectivity index (χ4n) is 1.94. The third kappa shape index (κ3) is 18.3. The molecule has 0 saturated heterocycles. The molecule has 0 bridgehead atoms. The lowest BCUT2D eigenvalue weighted by Gasteiger charge is -2.02. The second-order valence-electron chi connectivity index (χ2n) is 5.52. The van der Waals surface area contributed by atoms with E-state index in [2.05, 4.69) is 37.3 Å². The van der Waals surface area contributed by atoms with E-state index in [1.807, 2.05) is 18.2 Å². The number of rotatable bonds is 14. The fourth-order valence-corrected chi connectivity index (χ4v) is 1.94. The largest absolute Gasteiger partial charge is 0.550 e. The number of carboxylic acids is 1. The summed E-state index contributed by atoms with van der Waals surface area (Å²) in [6.45, 7) is 2.12. The molecule has 0 amide bonds. The van der Waals surface area contributed by atoms with Gasteiger partial charge in [-0.3, -0.25) is 0 Å². The van der Waals surface area contributed by atoms with Crippen LogP contribution in [-0.4, -0.2) is 17.2 Å². The number of carbonyl (C=O) groups excluding carboxylic acids is 1. The SMILES string of the molecule is CCCC[C@H](O)/C=C\C/C=C\C/C=C\C/C=C\CCCC(=O)[O-]. The molecule has 3 heteroatoms. The van der Waals surface area contributed by atoms with Crippen LogP contribution >= 0.6 is 0 Å². The van der Waals surface area contributed by atoms with Gasteiger partial charge in [-0.15, -0.1) is 0 Å². The van der Waals surface area contributed by atoms with Crippen LogP contribution in [0.4, 0.5) is 0 Å². The Labute approximate surface area is 141 Å². The normalized spacial score (nSPS) is 13.8. The molecule has 0 aliphatic rings. The Bertz CT molecular complexity index is 392. The molecular formula is C20H31O3-. The molecular weight excluding hydrogens is 288 g/mol. The number of allylic oxidation sites excluding steroid dienone is 7. The van der Waals surface area contributed by atoms with Crippen LogP contribution in [0.5, 0.6) is 0 Å². The minimum atomic E-state index is -0.976. The summed E-state index contributed by atoms with van der Waals surface area (Å²) in [6.07, 6.45) is 23.3. The number of aliphatic carboxylic acids is 1. The summed E-state index contributed by atoms with van der Waals surface area (Å²) in [6, 6.07) is 0. The van der Waals surface area contributed by atoms with Gasteiger partial charge in [-0.25, -0.2) is 0 Å². The van der Waals surface area contributed by atoms with Crippen LogP contribution in [0.25, 0.3) is 0 Å². The molecule has 1 atom stereocenters. The summed E-state index contributed by atoms with van der Waals surface area (Å²) in [5.74, 6) is -0.976. The van der Waals surface area contributed by atoms with Crippen molar-refractivity contribution < 1.29 is 15.0 Å². The zero-order chi connectivity index (χ0) is 17.2. The first-order valence-corrected chi connectivity index (χ1v) is 8.66. The molecule has 0 saturated carbocycles. The Morgan fingerprint density at radius 2 is 1.52 bits per heavy atom. The number of aliphatic hydroxyl groups excluding tert-OH is 1. The van der Waals surface area contributed by atoms with Gasteiger partial charge in [0.1, 0.15) is 0 Å². The quantitative estimate of drug-likeness (QED) is 0.391. The first kappa shape index (κ1) is 21.4. The van der Waals surface area contributed by atoms with E-state index >= 15 is 0 Å². The summed E-state index contributed by atoms with van der Waals surface area (Å²) >= 11 is 0. The second kappa shape index (κ2) is 16.8. The van der Waals surface area contributed by atoms with E-state index in [0.717, 1.165) is 44.9 Å². The lowest BCUT2D eigenvalue weighted by molar-refractivity contribution is -0.305. The highest BCUT2D eigenvalue weighted by Crippen LogP contribution is 2.02. The first-order valence-electron chi connectivity index (χ1n) is 8.66. The van der Waals surface area contributed by atoms with Crippen molar-refractivity contribution in [3.05, 3.63) is 48.6 Å².